The molecule has 0 atom stereocenters. The summed E-state index contributed by atoms with van der Waals surface area (Å²) in [7, 11) is 0. The Labute approximate surface area is 111 Å². The van der Waals surface area contributed by atoms with Gasteiger partial charge in [-0.3, -0.25) is 0 Å². The zero-order valence-electron chi connectivity index (χ0n) is 9.31. The Balaban J connectivity index is 3.20. The van der Waals surface area contributed by atoms with E-state index in [1.807, 2.05) is 48.5 Å². The van der Waals surface area contributed by atoms with Crippen LogP contribution in [0.25, 0.3) is 0 Å². The van der Waals surface area contributed by atoms with Crippen molar-refractivity contribution in [2.75, 3.05) is 0 Å². The second-order valence-electron chi connectivity index (χ2n) is 3.34. The van der Waals surface area contributed by atoms with Gasteiger partial charge in [0.15, 0.2) is 0 Å². The van der Waals surface area contributed by atoms with Gasteiger partial charge in [-0.05, 0) is 41.6 Å². The monoisotopic (exact) mass is 322 g/mol. The summed E-state index contributed by atoms with van der Waals surface area (Å²) < 4.78 is 1.21. The van der Waals surface area contributed by atoms with Gasteiger partial charge in [0.2, 0.25) is 0 Å². The van der Waals surface area contributed by atoms with E-state index in [0.29, 0.717) is 0 Å². The average molecular weight is 322 g/mol. The van der Waals surface area contributed by atoms with Crippen LogP contribution in [0.4, 0.5) is 0 Å². The number of aryl methyl sites for hydroxylation is 1. The molecule has 0 bridgehead atoms. The van der Waals surface area contributed by atoms with Gasteiger partial charge in [0.05, 0.1) is 0 Å². The molecule has 0 aliphatic carbocycles. The molecule has 0 spiro atoms. The minimum atomic E-state index is 1.21. The van der Waals surface area contributed by atoms with E-state index in [1.54, 1.807) is 0 Å². The van der Waals surface area contributed by atoms with Crippen molar-refractivity contribution >= 4 is 22.6 Å². The highest BCUT2D eigenvalue weighted by Gasteiger charge is 1.73. The van der Waals surface area contributed by atoms with Crippen LogP contribution in [0.3, 0.4) is 0 Å². The average Bonchev–Trinajstić information content (AvgIpc) is 2.26. The predicted octanol–water partition coefficient (Wildman–Crippen LogP) is 4.85. The fourth-order valence-corrected chi connectivity index (χ4v) is 1.49. The van der Waals surface area contributed by atoms with E-state index in [1.165, 1.54) is 9.13 Å². The molecule has 0 unspecified atom stereocenters. The van der Waals surface area contributed by atoms with E-state index in [4.69, 9.17) is 0 Å². The zero-order valence-corrected chi connectivity index (χ0v) is 11.5. The molecule has 0 aliphatic heterocycles. The summed E-state index contributed by atoms with van der Waals surface area (Å²) in [6, 6.07) is 24.6. The maximum absolute atomic E-state index is 2.31. The molecule has 1 aromatic carbocycles. The fourth-order valence-electron chi connectivity index (χ4n) is 1.08. The molecule has 0 saturated carbocycles. The lowest BCUT2D eigenvalue weighted by molar-refractivity contribution is 1.50. The maximum atomic E-state index is 2.31. The minimum Gasteiger partial charge on any atom is -0.0623 e. The van der Waals surface area contributed by atoms with Gasteiger partial charge in [-0.25, -0.2) is 0 Å². The molecule has 0 saturated heterocycles. The largest absolute Gasteiger partial charge is 0.0623 e. The summed E-state index contributed by atoms with van der Waals surface area (Å²) in [4.78, 5) is 0. The molecule has 0 aromatic heterocycles. The smallest absolute Gasteiger partial charge is 0.0130 e. The number of hydrogen-bond donors (Lipinski definition) is 0. The molecule has 0 fully saturated rings. The van der Waals surface area contributed by atoms with Gasteiger partial charge in [0.1, 0.15) is 0 Å². The van der Waals surface area contributed by atoms with Crippen molar-refractivity contribution in [3.05, 3.63) is 81.9 Å². The third-order valence-corrected chi connectivity index (χ3v) is 2.61. The first-order chi connectivity index (χ1) is 7.79. The molecule has 1 heteroatoms. The Kier molecular flexibility index (Phi) is 6.58. The van der Waals surface area contributed by atoms with Crippen LogP contribution in [0.2, 0.25) is 0 Å². The SMILES string of the molecule is Cc1cccccccc(I)ccccc1. The highest BCUT2D eigenvalue weighted by atomic mass is 127. The molecular weight excluding hydrogens is 307 g/mol. The van der Waals surface area contributed by atoms with Crippen LogP contribution in [0.5, 0.6) is 0 Å². The van der Waals surface area contributed by atoms with Gasteiger partial charge in [-0.1, -0.05) is 66.2 Å². The van der Waals surface area contributed by atoms with Gasteiger partial charge < -0.3 is 0 Å². The molecule has 0 aliphatic rings. The van der Waals surface area contributed by atoms with E-state index >= 15 is 0 Å². The van der Waals surface area contributed by atoms with Gasteiger partial charge >= 0.3 is 0 Å². The molecular formula is C15H15I. The van der Waals surface area contributed by atoms with E-state index in [-0.39, 0.29) is 0 Å². The van der Waals surface area contributed by atoms with Gasteiger partial charge in [-0.15, -0.1) is 0 Å². The molecule has 0 heterocycles. The lowest BCUT2D eigenvalue weighted by Crippen LogP contribution is -1.61. The molecule has 16 heavy (non-hydrogen) atoms. The third-order valence-electron chi connectivity index (χ3n) is 1.90. The van der Waals surface area contributed by atoms with Crippen molar-refractivity contribution in [2.45, 2.75) is 6.92 Å². The lowest BCUT2D eigenvalue weighted by Gasteiger charge is -1.81. The van der Waals surface area contributed by atoms with Crippen LogP contribution in [-0.4, -0.2) is 0 Å². The lowest BCUT2D eigenvalue weighted by atomic mass is 10.3. The quantitative estimate of drug-likeness (QED) is 0.599. The molecule has 1 aromatic rings. The minimum absolute atomic E-state index is 1.21. The van der Waals surface area contributed by atoms with Crippen molar-refractivity contribution in [3.63, 3.8) is 0 Å². The summed E-state index contributed by atoms with van der Waals surface area (Å²) >= 11 is 2.31. The second-order valence-corrected chi connectivity index (χ2v) is 4.58. The van der Waals surface area contributed by atoms with Crippen LogP contribution in [-0.2, 0) is 0 Å². The summed E-state index contributed by atoms with van der Waals surface area (Å²) in [5, 5.41) is 0. The zero-order chi connectivity index (χ0) is 11.6. The van der Waals surface area contributed by atoms with E-state index in [2.05, 4.69) is 53.8 Å². The maximum Gasteiger partial charge on any atom is 0.0130 e. The molecule has 0 N–H and O–H groups in total. The molecule has 0 radical (unpaired) electrons. The Hall–Kier alpha value is -1.09. The van der Waals surface area contributed by atoms with Gasteiger partial charge in [-0.2, -0.15) is 0 Å². The Morgan fingerprint density at radius 1 is 0.625 bits per heavy atom. The molecule has 0 nitrogen and oxygen atoms in total. The van der Waals surface area contributed by atoms with Gasteiger partial charge in [0, 0.05) is 3.57 Å². The van der Waals surface area contributed by atoms with Crippen LogP contribution >= 0.6 is 22.6 Å². The van der Waals surface area contributed by atoms with Gasteiger partial charge in [0.25, 0.3) is 0 Å². The van der Waals surface area contributed by atoms with E-state index in [9.17, 15) is 0 Å². The standard InChI is InChI=1S/C15H15I/c1-14-10-6-3-2-4-8-12-15(16)13-9-5-7-11-14/h2-13H,1H3. The molecule has 1 rings (SSSR count). The molecule has 0 amide bonds. The summed E-state index contributed by atoms with van der Waals surface area (Å²) in [6.45, 7) is 2.09. The van der Waals surface area contributed by atoms with Crippen molar-refractivity contribution in [3.8, 4) is 0 Å². The second kappa shape index (κ2) is 8.11. The van der Waals surface area contributed by atoms with E-state index < -0.39 is 0 Å². The highest BCUT2D eigenvalue weighted by Crippen LogP contribution is 1.98. The number of rotatable bonds is 0. The number of hydrogen-bond acceptors (Lipinski definition) is 0. The summed E-state index contributed by atoms with van der Waals surface area (Å²) in [6.07, 6.45) is 0. The summed E-state index contributed by atoms with van der Waals surface area (Å²) in [5.41, 5.74) is 1.24. The first kappa shape index (κ1) is 13.0. The Bertz CT molecular complexity index is 397. The van der Waals surface area contributed by atoms with Crippen molar-refractivity contribution in [1.82, 2.24) is 0 Å². The third kappa shape index (κ3) is 6.40. The highest BCUT2D eigenvalue weighted by molar-refractivity contribution is 14.1. The van der Waals surface area contributed by atoms with E-state index in [0.717, 1.165) is 0 Å². The van der Waals surface area contributed by atoms with Crippen LogP contribution < -0.4 is 0 Å². The first-order valence-electron chi connectivity index (χ1n) is 5.18. The van der Waals surface area contributed by atoms with Crippen LogP contribution in [0.1, 0.15) is 5.56 Å². The number of halogens is 1. The van der Waals surface area contributed by atoms with Crippen LogP contribution in [0.15, 0.2) is 72.8 Å². The normalized spacial score (nSPS) is 8.62. The van der Waals surface area contributed by atoms with Crippen molar-refractivity contribution in [2.24, 2.45) is 0 Å². The first-order valence-corrected chi connectivity index (χ1v) is 6.26. The Morgan fingerprint density at radius 3 is 1.56 bits per heavy atom. The fraction of sp³-hybridized carbons (Fsp3) is 0.0667. The van der Waals surface area contributed by atoms with Crippen LogP contribution in [0, 0.1) is 10.5 Å². The molecule has 82 valence electrons. The van der Waals surface area contributed by atoms with Crippen molar-refractivity contribution < 1.29 is 0 Å². The van der Waals surface area contributed by atoms with Crippen molar-refractivity contribution in [1.29, 1.82) is 0 Å². The summed E-state index contributed by atoms with van der Waals surface area (Å²) in [5.74, 6) is 0. The Morgan fingerprint density at radius 2 is 1.00 bits per heavy atom. The topological polar surface area (TPSA) is 0 Å². The predicted molar refractivity (Wildman–Crippen MR) is 79.2 cm³/mol.